The van der Waals surface area contributed by atoms with E-state index in [1.54, 1.807) is 0 Å². The fourth-order valence-electron chi connectivity index (χ4n) is 0.825. The van der Waals surface area contributed by atoms with E-state index < -0.39 is 0 Å². The number of halogens is 1. The highest BCUT2D eigenvalue weighted by atomic mass is 32.1. The largest absolute Gasteiger partial charge is 0.382 e. The Kier molecular flexibility index (Phi) is 1.25. The second-order valence-electron chi connectivity index (χ2n) is 2.07. The number of hydrogen-bond donors (Lipinski definition) is 1. The van der Waals surface area contributed by atoms with Gasteiger partial charge in [-0.25, -0.2) is 9.37 Å². The lowest BCUT2D eigenvalue weighted by molar-refractivity contribution is 0.624. The minimum absolute atomic E-state index is 0.344. The number of anilines is 1. The molecular formula is C6H4FN3S. The van der Waals surface area contributed by atoms with Crippen LogP contribution in [0.3, 0.4) is 0 Å². The van der Waals surface area contributed by atoms with Crippen molar-refractivity contribution >= 4 is 27.6 Å². The zero-order chi connectivity index (χ0) is 7.84. The summed E-state index contributed by atoms with van der Waals surface area (Å²) < 4.78 is 16.4. The predicted molar refractivity (Wildman–Crippen MR) is 41.8 cm³/mol. The third kappa shape index (κ3) is 0.932. The standard InChI is InChI=1S/C6H4FN3S/c7-3-1-4-5(8)10-11-6(4)9-2-3/h1-2H,(H2,8,10). The molecule has 0 aliphatic heterocycles. The van der Waals surface area contributed by atoms with Crippen molar-refractivity contribution in [2.24, 2.45) is 0 Å². The molecule has 0 saturated carbocycles. The lowest BCUT2D eigenvalue weighted by atomic mass is 10.3. The average Bonchev–Trinajstić information content (AvgIpc) is 2.33. The van der Waals surface area contributed by atoms with E-state index in [2.05, 4.69) is 9.36 Å². The first-order chi connectivity index (χ1) is 5.27. The first-order valence-corrected chi connectivity index (χ1v) is 3.71. The van der Waals surface area contributed by atoms with Crippen molar-refractivity contribution in [1.29, 1.82) is 0 Å². The van der Waals surface area contributed by atoms with Crippen molar-refractivity contribution in [3.05, 3.63) is 18.1 Å². The fourth-order valence-corrected chi connectivity index (χ4v) is 1.47. The Bertz CT molecular complexity index is 398. The summed E-state index contributed by atoms with van der Waals surface area (Å²) in [7, 11) is 0. The lowest BCUT2D eigenvalue weighted by Crippen LogP contribution is -1.84. The van der Waals surface area contributed by atoms with E-state index in [1.807, 2.05) is 0 Å². The molecule has 0 aliphatic carbocycles. The van der Waals surface area contributed by atoms with E-state index in [9.17, 15) is 4.39 Å². The summed E-state index contributed by atoms with van der Waals surface area (Å²) in [4.78, 5) is 4.47. The van der Waals surface area contributed by atoms with Gasteiger partial charge in [-0.15, -0.1) is 0 Å². The smallest absolute Gasteiger partial charge is 0.146 e. The van der Waals surface area contributed by atoms with Crippen LogP contribution in [-0.4, -0.2) is 9.36 Å². The molecule has 0 aromatic carbocycles. The highest BCUT2D eigenvalue weighted by molar-refractivity contribution is 7.13. The third-order valence-corrected chi connectivity index (χ3v) is 2.11. The number of rotatable bonds is 0. The Morgan fingerprint density at radius 3 is 3.18 bits per heavy atom. The van der Waals surface area contributed by atoms with E-state index >= 15 is 0 Å². The molecule has 0 aliphatic rings. The van der Waals surface area contributed by atoms with Crippen LogP contribution in [0.4, 0.5) is 10.2 Å². The van der Waals surface area contributed by atoms with Gasteiger partial charge in [0, 0.05) is 0 Å². The van der Waals surface area contributed by atoms with Crippen LogP contribution in [0.15, 0.2) is 12.3 Å². The van der Waals surface area contributed by atoms with Crippen LogP contribution in [0.5, 0.6) is 0 Å². The number of aromatic nitrogens is 2. The van der Waals surface area contributed by atoms with Gasteiger partial charge in [-0.2, -0.15) is 4.37 Å². The molecule has 0 spiro atoms. The summed E-state index contributed by atoms with van der Waals surface area (Å²) >= 11 is 1.17. The van der Waals surface area contributed by atoms with Crippen LogP contribution < -0.4 is 5.73 Å². The molecule has 0 saturated heterocycles. The average molecular weight is 169 g/mol. The number of nitrogens with zero attached hydrogens (tertiary/aromatic N) is 2. The van der Waals surface area contributed by atoms with Gasteiger partial charge in [0.2, 0.25) is 0 Å². The number of pyridine rings is 1. The van der Waals surface area contributed by atoms with Gasteiger partial charge in [-0.05, 0) is 17.6 Å². The van der Waals surface area contributed by atoms with Crippen molar-refractivity contribution in [3.63, 3.8) is 0 Å². The second-order valence-corrected chi connectivity index (χ2v) is 2.83. The molecule has 2 aromatic heterocycles. The van der Waals surface area contributed by atoms with Gasteiger partial charge >= 0.3 is 0 Å². The van der Waals surface area contributed by atoms with Crippen LogP contribution in [0.1, 0.15) is 0 Å². The molecule has 0 fully saturated rings. The van der Waals surface area contributed by atoms with Crippen molar-refractivity contribution in [2.45, 2.75) is 0 Å². The maximum absolute atomic E-state index is 12.6. The Balaban J connectivity index is 2.87. The normalized spacial score (nSPS) is 10.6. The zero-order valence-corrected chi connectivity index (χ0v) is 6.23. The van der Waals surface area contributed by atoms with Crippen molar-refractivity contribution in [2.75, 3.05) is 5.73 Å². The summed E-state index contributed by atoms with van der Waals surface area (Å²) in [5.74, 6) is -0.0404. The van der Waals surface area contributed by atoms with E-state index in [1.165, 1.54) is 17.6 Å². The van der Waals surface area contributed by atoms with E-state index in [0.717, 1.165) is 6.20 Å². The monoisotopic (exact) mass is 169 g/mol. The molecule has 56 valence electrons. The maximum atomic E-state index is 12.6. The Morgan fingerprint density at radius 1 is 1.55 bits per heavy atom. The Hall–Kier alpha value is -1.23. The van der Waals surface area contributed by atoms with Gasteiger partial charge in [0.1, 0.15) is 16.5 Å². The topological polar surface area (TPSA) is 51.8 Å². The first kappa shape index (κ1) is 6.48. The molecule has 0 atom stereocenters. The summed E-state index contributed by atoms with van der Waals surface area (Å²) in [6.07, 6.45) is 1.15. The van der Waals surface area contributed by atoms with E-state index in [0.29, 0.717) is 16.0 Å². The summed E-state index contributed by atoms with van der Waals surface area (Å²) in [6.45, 7) is 0. The highest BCUT2D eigenvalue weighted by Crippen LogP contribution is 2.22. The first-order valence-electron chi connectivity index (χ1n) is 2.94. The lowest BCUT2D eigenvalue weighted by Gasteiger charge is -1.87. The Morgan fingerprint density at radius 2 is 2.36 bits per heavy atom. The molecule has 0 amide bonds. The molecule has 2 rings (SSSR count). The van der Waals surface area contributed by atoms with Crippen LogP contribution in [0.25, 0.3) is 10.2 Å². The zero-order valence-electron chi connectivity index (χ0n) is 5.41. The molecule has 2 aromatic rings. The molecule has 2 N–H and O–H groups in total. The predicted octanol–water partition coefficient (Wildman–Crippen LogP) is 1.41. The van der Waals surface area contributed by atoms with Crippen LogP contribution in [-0.2, 0) is 0 Å². The van der Waals surface area contributed by atoms with Crippen LogP contribution in [0, 0.1) is 5.82 Å². The maximum Gasteiger partial charge on any atom is 0.146 e. The van der Waals surface area contributed by atoms with E-state index in [-0.39, 0.29) is 5.82 Å². The fraction of sp³-hybridized carbons (Fsp3) is 0. The molecule has 3 nitrogen and oxygen atoms in total. The molecule has 5 heteroatoms. The molecule has 0 unspecified atom stereocenters. The molecule has 0 radical (unpaired) electrons. The van der Waals surface area contributed by atoms with E-state index in [4.69, 9.17) is 5.73 Å². The number of fused-ring (bicyclic) bond motifs is 1. The van der Waals surface area contributed by atoms with Gasteiger partial charge in [-0.3, -0.25) is 0 Å². The van der Waals surface area contributed by atoms with Crippen molar-refractivity contribution in [3.8, 4) is 0 Å². The minimum atomic E-state index is -0.385. The molecule has 11 heavy (non-hydrogen) atoms. The number of nitrogens with two attached hydrogens (primary N) is 1. The SMILES string of the molecule is Nc1nsc2ncc(F)cc12. The molecule has 2 heterocycles. The van der Waals surface area contributed by atoms with Gasteiger partial charge in [0.05, 0.1) is 11.6 Å². The van der Waals surface area contributed by atoms with Crippen LogP contribution >= 0.6 is 11.5 Å². The van der Waals surface area contributed by atoms with Gasteiger partial charge in [0.15, 0.2) is 0 Å². The van der Waals surface area contributed by atoms with Gasteiger partial charge in [-0.1, -0.05) is 0 Å². The van der Waals surface area contributed by atoms with Gasteiger partial charge < -0.3 is 5.73 Å². The van der Waals surface area contributed by atoms with Crippen molar-refractivity contribution < 1.29 is 4.39 Å². The number of nitrogen functional groups attached to an aromatic ring is 1. The Labute approximate surface area is 65.8 Å². The minimum Gasteiger partial charge on any atom is -0.382 e. The van der Waals surface area contributed by atoms with Crippen molar-refractivity contribution in [1.82, 2.24) is 9.36 Å². The summed E-state index contributed by atoms with van der Waals surface area (Å²) in [6, 6.07) is 1.33. The van der Waals surface area contributed by atoms with Gasteiger partial charge in [0.25, 0.3) is 0 Å². The second kappa shape index (κ2) is 2.13. The molecular weight excluding hydrogens is 165 g/mol. The molecule has 0 bridgehead atoms. The third-order valence-electron chi connectivity index (χ3n) is 1.32. The quantitative estimate of drug-likeness (QED) is 0.648. The number of hydrogen-bond acceptors (Lipinski definition) is 4. The summed E-state index contributed by atoms with van der Waals surface area (Å²) in [5.41, 5.74) is 5.44. The van der Waals surface area contributed by atoms with Crippen LogP contribution in [0.2, 0.25) is 0 Å². The highest BCUT2D eigenvalue weighted by Gasteiger charge is 2.03. The summed E-state index contributed by atoms with van der Waals surface area (Å²) in [5, 5.41) is 0.593.